The number of anilines is 4. The third-order valence-corrected chi connectivity index (χ3v) is 8.53. The molecule has 0 radical (unpaired) electrons. The van der Waals surface area contributed by atoms with Crippen LogP contribution < -0.4 is 14.9 Å². The summed E-state index contributed by atoms with van der Waals surface area (Å²) in [6.45, 7) is 6.86. The van der Waals surface area contributed by atoms with Crippen LogP contribution in [0.2, 0.25) is 0 Å². The van der Waals surface area contributed by atoms with Gasteiger partial charge in [0.1, 0.15) is 28.9 Å². The van der Waals surface area contributed by atoms with Gasteiger partial charge in [-0.15, -0.1) is 0 Å². The molecule has 2 N–H and O–H groups in total. The summed E-state index contributed by atoms with van der Waals surface area (Å²) in [5, 5.41) is 2.67. The summed E-state index contributed by atoms with van der Waals surface area (Å²) in [5.41, 5.74) is -0.166. The third kappa shape index (κ3) is 5.93. The van der Waals surface area contributed by atoms with E-state index in [2.05, 4.69) is 39.8 Å². The first kappa shape index (κ1) is 26.4. The zero-order valence-corrected chi connectivity index (χ0v) is 22.1. The highest BCUT2D eigenvalue weighted by Crippen LogP contribution is 2.31. The normalized spacial score (nSPS) is 17.3. The number of piperidine rings is 1. The molecule has 0 bridgehead atoms. The van der Waals surface area contributed by atoms with E-state index in [9.17, 15) is 12.8 Å². The predicted molar refractivity (Wildman–Crippen MR) is 143 cm³/mol. The highest BCUT2D eigenvalue weighted by Gasteiger charge is 2.25. The van der Waals surface area contributed by atoms with Gasteiger partial charge in [-0.25, -0.2) is 37.1 Å². The molecule has 38 heavy (non-hydrogen) atoms. The van der Waals surface area contributed by atoms with E-state index >= 15 is 4.39 Å². The maximum absolute atomic E-state index is 15.2. The van der Waals surface area contributed by atoms with Gasteiger partial charge in [-0.3, -0.25) is 4.72 Å². The zero-order chi connectivity index (χ0) is 26.7. The molecule has 2 saturated heterocycles. The van der Waals surface area contributed by atoms with Gasteiger partial charge in [0.25, 0.3) is 0 Å². The smallest absolute Gasteiger partial charge is 0.232 e. The molecular weight excluding hydrogens is 514 g/mol. The number of likely N-dealkylation sites (tertiary alicyclic amines) is 1. The maximum Gasteiger partial charge on any atom is 0.232 e. The molecule has 0 unspecified atom stereocenters. The summed E-state index contributed by atoms with van der Waals surface area (Å²) in [5.74, 6) is -0.907. The van der Waals surface area contributed by atoms with E-state index in [1.807, 2.05) is 0 Å². The number of benzene rings is 1. The Morgan fingerprint density at radius 1 is 1.05 bits per heavy atom. The molecular formula is C25H32F2N8O2S. The first-order valence-corrected chi connectivity index (χ1v) is 14.7. The van der Waals surface area contributed by atoms with Gasteiger partial charge in [0.15, 0.2) is 11.6 Å². The Morgan fingerprint density at radius 2 is 1.82 bits per heavy atom. The summed E-state index contributed by atoms with van der Waals surface area (Å²) >= 11 is 0. The van der Waals surface area contributed by atoms with E-state index in [0.717, 1.165) is 44.6 Å². The van der Waals surface area contributed by atoms with E-state index in [1.165, 1.54) is 32.3 Å². The predicted octanol–water partition coefficient (Wildman–Crippen LogP) is 3.91. The van der Waals surface area contributed by atoms with Crippen LogP contribution in [0.15, 0.2) is 24.7 Å². The number of rotatable bonds is 9. The number of nitrogens with one attached hydrogen (secondary N) is 2. The lowest BCUT2D eigenvalue weighted by Crippen LogP contribution is -2.38. The Hall–Kier alpha value is -3.19. The first-order valence-electron chi connectivity index (χ1n) is 13.0. The van der Waals surface area contributed by atoms with Crippen molar-refractivity contribution in [1.29, 1.82) is 0 Å². The second-order valence-corrected chi connectivity index (χ2v) is 11.7. The minimum absolute atomic E-state index is 0.0916. The number of sulfonamides is 1. The molecule has 2 aliphatic rings. The average Bonchev–Trinajstić information content (AvgIpc) is 3.41. The summed E-state index contributed by atoms with van der Waals surface area (Å²) in [4.78, 5) is 22.1. The Labute approximate surface area is 220 Å². The summed E-state index contributed by atoms with van der Waals surface area (Å²) < 4.78 is 56.4. The second kappa shape index (κ2) is 11.3. The van der Waals surface area contributed by atoms with Crippen LogP contribution in [0.5, 0.6) is 0 Å². The van der Waals surface area contributed by atoms with E-state index in [0.29, 0.717) is 29.3 Å². The quantitative estimate of drug-likeness (QED) is 0.412. The third-order valence-electron chi connectivity index (χ3n) is 7.05. The summed E-state index contributed by atoms with van der Waals surface area (Å²) in [6, 6.07) is 2.04. The fourth-order valence-corrected chi connectivity index (χ4v) is 6.22. The van der Waals surface area contributed by atoms with E-state index in [1.54, 1.807) is 13.1 Å². The molecule has 2 aromatic heterocycles. The van der Waals surface area contributed by atoms with Crippen LogP contribution >= 0.6 is 0 Å². The fraction of sp³-hybridized carbons (Fsp3) is 0.520. The Balaban J connectivity index is 1.36. The van der Waals surface area contributed by atoms with Crippen LogP contribution in [0.1, 0.15) is 39.0 Å². The molecule has 10 nitrogen and oxygen atoms in total. The largest absolute Gasteiger partial charge is 0.341 e. The lowest BCUT2D eigenvalue weighted by Gasteiger charge is -2.33. The monoisotopic (exact) mass is 546 g/mol. The number of fused-ring (bicyclic) bond motifs is 1. The molecule has 2 fully saturated rings. The van der Waals surface area contributed by atoms with Crippen molar-refractivity contribution in [2.45, 2.75) is 39.0 Å². The standard InChI is InChI=1S/C25H32F2N8O2S/c1-2-13-38(36,37)33-19-6-5-18(26)22(21(19)27)31-24-23-20(29-16-30-24)14-28-25(32-23)35-11-7-17(8-12-35)15-34-9-3-4-10-34/h5-6,14,16-17,33H,2-4,7-13,15H2,1H3,(H,29,30,31). The van der Waals surface area contributed by atoms with Gasteiger partial charge in [-0.05, 0) is 63.2 Å². The molecule has 5 rings (SSSR count). The van der Waals surface area contributed by atoms with Gasteiger partial charge in [0.2, 0.25) is 16.0 Å². The number of hydrogen-bond donors (Lipinski definition) is 2. The highest BCUT2D eigenvalue weighted by atomic mass is 32.2. The molecule has 1 aromatic carbocycles. The summed E-state index contributed by atoms with van der Waals surface area (Å²) in [7, 11) is -3.77. The van der Waals surface area contributed by atoms with Gasteiger partial charge >= 0.3 is 0 Å². The Kier molecular flexibility index (Phi) is 7.84. The van der Waals surface area contributed by atoms with Crippen molar-refractivity contribution in [3.05, 3.63) is 36.3 Å². The Morgan fingerprint density at radius 3 is 2.55 bits per heavy atom. The number of aromatic nitrogens is 4. The number of halogens is 2. The lowest BCUT2D eigenvalue weighted by molar-refractivity contribution is 0.249. The molecule has 0 atom stereocenters. The van der Waals surface area contributed by atoms with Crippen molar-refractivity contribution < 1.29 is 17.2 Å². The van der Waals surface area contributed by atoms with Gasteiger partial charge in [0.05, 0.1) is 17.6 Å². The number of nitrogens with zero attached hydrogens (tertiary/aromatic N) is 6. The molecule has 0 spiro atoms. The van der Waals surface area contributed by atoms with Gasteiger partial charge in [-0.1, -0.05) is 6.92 Å². The SMILES string of the molecule is CCCS(=O)(=O)Nc1ccc(F)c(Nc2ncnc3cnc(N4CCC(CN5CCCC5)CC4)nc23)c1F. The van der Waals surface area contributed by atoms with Gasteiger partial charge < -0.3 is 15.1 Å². The van der Waals surface area contributed by atoms with Crippen molar-refractivity contribution in [3.63, 3.8) is 0 Å². The molecule has 13 heteroatoms. The van der Waals surface area contributed by atoms with Crippen LogP contribution in [0.25, 0.3) is 11.0 Å². The second-order valence-electron chi connectivity index (χ2n) is 9.89. The van der Waals surface area contributed by atoms with Crippen molar-refractivity contribution in [3.8, 4) is 0 Å². The lowest BCUT2D eigenvalue weighted by atomic mass is 9.96. The average molecular weight is 547 g/mol. The minimum atomic E-state index is -3.77. The van der Waals surface area contributed by atoms with E-state index in [4.69, 9.17) is 0 Å². The van der Waals surface area contributed by atoms with Crippen LogP contribution in [0.3, 0.4) is 0 Å². The van der Waals surface area contributed by atoms with Crippen LogP contribution in [0.4, 0.5) is 31.9 Å². The van der Waals surface area contributed by atoms with Crippen molar-refractivity contribution in [2.24, 2.45) is 5.92 Å². The van der Waals surface area contributed by atoms with E-state index < -0.39 is 27.3 Å². The van der Waals surface area contributed by atoms with Crippen molar-refractivity contribution >= 4 is 44.2 Å². The van der Waals surface area contributed by atoms with E-state index in [-0.39, 0.29) is 17.3 Å². The zero-order valence-electron chi connectivity index (χ0n) is 21.3. The number of hydrogen-bond acceptors (Lipinski definition) is 9. The minimum Gasteiger partial charge on any atom is -0.341 e. The molecule has 0 saturated carbocycles. The fourth-order valence-electron chi connectivity index (χ4n) is 5.09. The first-order chi connectivity index (χ1) is 18.3. The van der Waals surface area contributed by atoms with Gasteiger partial charge in [-0.2, -0.15) is 0 Å². The van der Waals surface area contributed by atoms with Crippen LogP contribution in [0, 0.1) is 17.6 Å². The molecule has 2 aliphatic heterocycles. The summed E-state index contributed by atoms with van der Waals surface area (Å²) in [6.07, 6.45) is 7.85. The van der Waals surface area contributed by atoms with Crippen LogP contribution in [-0.2, 0) is 10.0 Å². The Bertz CT molecular complexity index is 1390. The molecule has 0 aliphatic carbocycles. The molecule has 3 aromatic rings. The van der Waals surface area contributed by atoms with Crippen molar-refractivity contribution in [2.75, 3.05) is 53.4 Å². The highest BCUT2D eigenvalue weighted by molar-refractivity contribution is 7.92. The topological polar surface area (TPSA) is 116 Å². The van der Waals surface area contributed by atoms with Gasteiger partial charge in [0, 0.05) is 19.6 Å². The molecule has 204 valence electrons. The van der Waals surface area contributed by atoms with Crippen molar-refractivity contribution in [1.82, 2.24) is 24.8 Å². The van der Waals surface area contributed by atoms with Crippen LogP contribution in [-0.4, -0.2) is 71.7 Å². The molecule has 4 heterocycles. The maximum atomic E-state index is 15.2. The molecule has 0 amide bonds.